The zero-order chi connectivity index (χ0) is 20.9. The van der Waals surface area contributed by atoms with E-state index >= 15 is 0 Å². The van der Waals surface area contributed by atoms with Gasteiger partial charge in [0.2, 0.25) is 15.9 Å². The molecule has 150 valence electrons. The smallest absolute Gasteiger partial charge is 0.262 e. The minimum atomic E-state index is -3.93. The van der Waals surface area contributed by atoms with Gasteiger partial charge in [-0.15, -0.1) is 0 Å². The summed E-state index contributed by atoms with van der Waals surface area (Å²) in [5, 5.41) is 0. The highest BCUT2D eigenvalue weighted by Gasteiger charge is 2.37. The Kier molecular flexibility index (Phi) is 5.32. The second-order valence-electron chi connectivity index (χ2n) is 6.72. The van der Waals surface area contributed by atoms with Crippen LogP contribution in [0.4, 0.5) is 11.4 Å². The summed E-state index contributed by atoms with van der Waals surface area (Å²) < 4.78 is 54.2. The van der Waals surface area contributed by atoms with Crippen molar-refractivity contribution < 1.29 is 21.6 Å². The third-order valence-corrected chi connectivity index (χ3v) is 8.41. The summed E-state index contributed by atoms with van der Waals surface area (Å²) in [4.78, 5) is 12.1. The molecule has 1 heterocycles. The van der Waals surface area contributed by atoms with E-state index in [0.29, 0.717) is 21.3 Å². The first-order valence-electron chi connectivity index (χ1n) is 8.38. The largest absolute Gasteiger partial charge is 0.278 e. The van der Waals surface area contributed by atoms with Gasteiger partial charge in [0.05, 0.1) is 22.0 Å². The van der Waals surface area contributed by atoms with Crippen LogP contribution in [-0.2, 0) is 24.8 Å². The van der Waals surface area contributed by atoms with E-state index in [0.717, 1.165) is 9.87 Å². The van der Waals surface area contributed by atoms with Gasteiger partial charge >= 0.3 is 0 Å². The lowest BCUT2D eigenvalue weighted by Gasteiger charge is -2.19. The molecule has 0 unspecified atom stereocenters. The van der Waals surface area contributed by atoms with E-state index in [9.17, 15) is 21.6 Å². The number of nitrogens with one attached hydrogen (secondary N) is 1. The molecule has 1 aliphatic heterocycles. The quantitative estimate of drug-likeness (QED) is 0.714. The van der Waals surface area contributed by atoms with Crippen molar-refractivity contribution in [2.45, 2.75) is 32.1 Å². The first kappa shape index (κ1) is 20.8. The number of hydrogen-bond acceptors (Lipinski definition) is 5. The van der Waals surface area contributed by atoms with Gasteiger partial charge in [0.15, 0.2) is 0 Å². The zero-order valence-corrected chi connectivity index (χ0v) is 18.7. The van der Waals surface area contributed by atoms with E-state index in [1.807, 2.05) is 6.92 Å². The van der Waals surface area contributed by atoms with E-state index in [2.05, 4.69) is 20.7 Å². The van der Waals surface area contributed by atoms with Gasteiger partial charge in [-0.05, 0) is 77.7 Å². The minimum absolute atomic E-state index is 0.0489. The number of sulfonamides is 2. The number of nitrogens with zero attached hydrogens (tertiary/aromatic N) is 1. The Morgan fingerprint density at radius 2 is 1.68 bits per heavy atom. The predicted octanol–water partition coefficient (Wildman–Crippen LogP) is 3.24. The molecule has 28 heavy (non-hydrogen) atoms. The zero-order valence-electron chi connectivity index (χ0n) is 15.5. The van der Waals surface area contributed by atoms with Gasteiger partial charge in [-0.25, -0.2) is 21.1 Å². The Balaban J connectivity index is 2.04. The first-order chi connectivity index (χ1) is 12.9. The predicted molar refractivity (Wildman–Crippen MR) is 111 cm³/mol. The highest BCUT2D eigenvalue weighted by atomic mass is 79.9. The molecule has 3 rings (SSSR count). The molecule has 2 aromatic rings. The van der Waals surface area contributed by atoms with E-state index in [1.165, 1.54) is 12.1 Å². The van der Waals surface area contributed by atoms with Crippen molar-refractivity contribution >= 4 is 53.3 Å². The summed E-state index contributed by atoms with van der Waals surface area (Å²) in [6.45, 7) is 5.04. The number of rotatable bonds is 4. The topological polar surface area (TPSA) is 101 Å². The average Bonchev–Trinajstić information content (AvgIpc) is 2.82. The number of anilines is 2. The van der Waals surface area contributed by atoms with Crippen LogP contribution in [0, 0.1) is 20.8 Å². The Labute approximate surface area is 173 Å². The molecule has 0 atom stereocenters. The molecule has 1 N–H and O–H groups in total. The highest BCUT2D eigenvalue weighted by molar-refractivity contribution is 9.10. The highest BCUT2D eigenvalue weighted by Crippen LogP contribution is 2.33. The normalized spacial score (nSPS) is 16.4. The first-order valence-corrected chi connectivity index (χ1v) is 12.3. The molecule has 0 aliphatic carbocycles. The van der Waals surface area contributed by atoms with Crippen LogP contribution in [0.3, 0.4) is 0 Å². The van der Waals surface area contributed by atoms with Gasteiger partial charge in [-0.2, -0.15) is 0 Å². The molecule has 0 aromatic heterocycles. The van der Waals surface area contributed by atoms with Crippen molar-refractivity contribution in [3.63, 3.8) is 0 Å². The molecule has 0 radical (unpaired) electrons. The van der Waals surface area contributed by atoms with Gasteiger partial charge in [0.25, 0.3) is 10.0 Å². The number of aryl methyl sites for hydroxylation is 3. The lowest BCUT2D eigenvalue weighted by molar-refractivity contribution is -0.116. The number of hydrogen-bond donors (Lipinski definition) is 1. The summed E-state index contributed by atoms with van der Waals surface area (Å²) in [5.41, 5.74) is 2.23. The van der Waals surface area contributed by atoms with E-state index in [-0.39, 0.29) is 22.8 Å². The third-order valence-electron chi connectivity index (χ3n) is 4.40. The van der Waals surface area contributed by atoms with Crippen LogP contribution in [-0.4, -0.2) is 28.5 Å². The molecule has 1 aliphatic rings. The lowest BCUT2D eigenvalue weighted by Crippen LogP contribution is -2.29. The summed E-state index contributed by atoms with van der Waals surface area (Å²) in [7, 11) is -7.64. The van der Waals surface area contributed by atoms with Crippen LogP contribution >= 0.6 is 15.9 Å². The monoisotopic (exact) mass is 486 g/mol. The standard InChI is InChI=1S/C18H19BrN2O5S2/c1-11-4-5-16(15(19)8-11)20-28(25,26)18-12(2)9-14(10-13(18)3)21-17(22)6-7-27(21,23)24/h4-5,8-10,20H,6-7H2,1-3H3. The Morgan fingerprint density at radius 1 is 1.07 bits per heavy atom. The summed E-state index contributed by atoms with van der Waals surface area (Å²) in [6, 6.07) is 8.06. The van der Waals surface area contributed by atoms with Crippen molar-refractivity contribution in [3.05, 3.63) is 51.5 Å². The Bertz CT molecular complexity index is 1170. The Morgan fingerprint density at radius 3 is 2.18 bits per heavy atom. The molecule has 2 aromatic carbocycles. The molecule has 1 saturated heterocycles. The minimum Gasteiger partial charge on any atom is -0.278 e. The van der Waals surface area contributed by atoms with Gasteiger partial charge in [-0.1, -0.05) is 6.07 Å². The van der Waals surface area contributed by atoms with Crippen molar-refractivity contribution in [1.82, 2.24) is 0 Å². The van der Waals surface area contributed by atoms with E-state index in [1.54, 1.807) is 32.0 Å². The fourth-order valence-electron chi connectivity index (χ4n) is 3.24. The van der Waals surface area contributed by atoms with Crippen LogP contribution in [0.2, 0.25) is 0 Å². The molecular formula is C18H19BrN2O5S2. The molecule has 10 heteroatoms. The van der Waals surface area contributed by atoms with Gasteiger partial charge in [-0.3, -0.25) is 9.52 Å². The van der Waals surface area contributed by atoms with Crippen LogP contribution in [0.1, 0.15) is 23.1 Å². The van der Waals surface area contributed by atoms with Crippen molar-refractivity contribution in [2.24, 2.45) is 0 Å². The molecule has 0 bridgehead atoms. The van der Waals surface area contributed by atoms with Crippen LogP contribution < -0.4 is 9.03 Å². The molecule has 1 fully saturated rings. The molecule has 0 saturated carbocycles. The van der Waals surface area contributed by atoms with Crippen molar-refractivity contribution in [3.8, 4) is 0 Å². The van der Waals surface area contributed by atoms with Gasteiger partial charge in [0.1, 0.15) is 0 Å². The Hall–Kier alpha value is -1.91. The fraction of sp³-hybridized carbons (Fsp3) is 0.278. The molecular weight excluding hydrogens is 468 g/mol. The molecule has 1 amide bonds. The fourth-order valence-corrected chi connectivity index (χ4v) is 6.94. The number of benzene rings is 2. The van der Waals surface area contributed by atoms with Gasteiger partial charge in [0, 0.05) is 10.9 Å². The van der Waals surface area contributed by atoms with E-state index in [4.69, 9.17) is 0 Å². The number of carbonyl (C=O) groups excluding carboxylic acids is 1. The number of carbonyl (C=O) groups is 1. The van der Waals surface area contributed by atoms with Gasteiger partial charge < -0.3 is 0 Å². The SMILES string of the molecule is Cc1ccc(NS(=O)(=O)c2c(C)cc(N3C(=O)CCS3(=O)=O)cc2C)c(Br)c1. The van der Waals surface area contributed by atoms with Crippen LogP contribution in [0.5, 0.6) is 0 Å². The number of amides is 1. The van der Waals surface area contributed by atoms with Crippen LogP contribution in [0.15, 0.2) is 39.7 Å². The summed E-state index contributed by atoms with van der Waals surface area (Å²) in [6.07, 6.45) is -0.0799. The maximum Gasteiger partial charge on any atom is 0.262 e. The lowest BCUT2D eigenvalue weighted by atomic mass is 10.1. The summed E-state index contributed by atoms with van der Waals surface area (Å²) >= 11 is 3.35. The molecule has 0 spiro atoms. The second-order valence-corrected chi connectivity index (χ2v) is 11.1. The maximum absolute atomic E-state index is 13.0. The summed E-state index contributed by atoms with van der Waals surface area (Å²) in [5.74, 6) is -0.761. The maximum atomic E-state index is 13.0. The average molecular weight is 487 g/mol. The number of halogens is 1. The van der Waals surface area contributed by atoms with E-state index < -0.39 is 26.0 Å². The van der Waals surface area contributed by atoms with Crippen LogP contribution in [0.25, 0.3) is 0 Å². The molecule has 7 nitrogen and oxygen atoms in total. The van der Waals surface area contributed by atoms with Crippen molar-refractivity contribution in [2.75, 3.05) is 14.8 Å². The van der Waals surface area contributed by atoms with Crippen molar-refractivity contribution in [1.29, 1.82) is 0 Å². The third kappa shape index (κ3) is 3.81. The second kappa shape index (κ2) is 7.16.